The SMILES string of the molecule is Cl.O=C(NC1CC2CCC(C1)N2)C1CCCN1C(=O)Cc1ccccc1. The molecule has 5 nitrogen and oxygen atoms in total. The van der Waals surface area contributed by atoms with Crippen molar-refractivity contribution in [3.63, 3.8) is 0 Å². The highest BCUT2D eigenvalue weighted by molar-refractivity contribution is 5.89. The van der Waals surface area contributed by atoms with Crippen LogP contribution in [-0.2, 0) is 16.0 Å². The molecule has 2 amide bonds. The van der Waals surface area contributed by atoms with Crippen LogP contribution in [0.3, 0.4) is 0 Å². The van der Waals surface area contributed by atoms with Crippen molar-refractivity contribution in [2.24, 2.45) is 0 Å². The second-order valence-corrected chi connectivity index (χ2v) is 7.72. The van der Waals surface area contributed by atoms with Crippen molar-refractivity contribution in [3.8, 4) is 0 Å². The van der Waals surface area contributed by atoms with Crippen molar-refractivity contribution in [3.05, 3.63) is 35.9 Å². The lowest BCUT2D eigenvalue weighted by molar-refractivity contribution is -0.138. The Morgan fingerprint density at radius 2 is 1.77 bits per heavy atom. The predicted octanol–water partition coefficient (Wildman–Crippen LogP) is 2.04. The molecule has 26 heavy (non-hydrogen) atoms. The molecule has 0 aliphatic carbocycles. The summed E-state index contributed by atoms with van der Waals surface area (Å²) in [4.78, 5) is 27.3. The van der Waals surface area contributed by atoms with Crippen LogP contribution in [0.4, 0.5) is 0 Å². The normalized spacial score (nSPS) is 29.9. The lowest BCUT2D eigenvalue weighted by Gasteiger charge is -2.32. The van der Waals surface area contributed by atoms with E-state index in [9.17, 15) is 9.59 Å². The molecule has 3 aliphatic rings. The molecule has 3 atom stereocenters. The molecular formula is C20H28ClN3O2. The molecule has 3 fully saturated rings. The minimum absolute atomic E-state index is 0. The van der Waals surface area contributed by atoms with Crippen molar-refractivity contribution in [1.29, 1.82) is 0 Å². The summed E-state index contributed by atoms with van der Waals surface area (Å²) in [6, 6.07) is 10.9. The minimum atomic E-state index is -0.288. The van der Waals surface area contributed by atoms with Gasteiger partial charge >= 0.3 is 0 Å². The predicted molar refractivity (Wildman–Crippen MR) is 103 cm³/mol. The molecule has 3 heterocycles. The fourth-order valence-electron chi connectivity index (χ4n) is 4.68. The van der Waals surface area contributed by atoms with Gasteiger partial charge in [-0.1, -0.05) is 30.3 Å². The molecule has 3 aliphatic heterocycles. The molecule has 1 aromatic carbocycles. The number of piperidine rings is 1. The maximum atomic E-state index is 12.8. The number of benzene rings is 1. The number of nitrogens with one attached hydrogen (secondary N) is 2. The number of rotatable bonds is 4. The van der Waals surface area contributed by atoms with E-state index < -0.39 is 0 Å². The molecular weight excluding hydrogens is 350 g/mol. The summed E-state index contributed by atoms with van der Waals surface area (Å²) in [6.07, 6.45) is 6.56. The maximum absolute atomic E-state index is 12.8. The van der Waals surface area contributed by atoms with Gasteiger partial charge in [-0.3, -0.25) is 9.59 Å². The highest BCUT2D eigenvalue weighted by Gasteiger charge is 2.38. The fourth-order valence-corrected chi connectivity index (χ4v) is 4.68. The molecule has 0 radical (unpaired) electrons. The summed E-state index contributed by atoms with van der Waals surface area (Å²) in [5, 5.41) is 6.84. The topological polar surface area (TPSA) is 61.4 Å². The molecule has 1 aromatic rings. The Labute approximate surface area is 161 Å². The number of hydrogen-bond acceptors (Lipinski definition) is 3. The number of hydrogen-bond donors (Lipinski definition) is 2. The van der Waals surface area contributed by atoms with Crippen LogP contribution in [0, 0.1) is 0 Å². The van der Waals surface area contributed by atoms with Crippen molar-refractivity contribution < 1.29 is 9.59 Å². The molecule has 3 unspecified atom stereocenters. The van der Waals surface area contributed by atoms with Gasteiger partial charge in [0.2, 0.25) is 11.8 Å². The van der Waals surface area contributed by atoms with Gasteiger partial charge in [0.05, 0.1) is 6.42 Å². The third-order valence-corrected chi connectivity index (χ3v) is 5.89. The highest BCUT2D eigenvalue weighted by Crippen LogP contribution is 2.27. The van der Waals surface area contributed by atoms with Gasteiger partial charge in [-0.05, 0) is 44.1 Å². The van der Waals surface area contributed by atoms with E-state index in [1.54, 1.807) is 4.90 Å². The third kappa shape index (κ3) is 4.21. The largest absolute Gasteiger partial charge is 0.351 e. The van der Waals surface area contributed by atoms with Gasteiger partial charge in [-0.15, -0.1) is 12.4 Å². The van der Waals surface area contributed by atoms with Crippen LogP contribution in [0.5, 0.6) is 0 Å². The molecule has 142 valence electrons. The summed E-state index contributed by atoms with van der Waals surface area (Å²) in [5.74, 6) is 0.111. The number of nitrogens with zero attached hydrogens (tertiary/aromatic N) is 1. The summed E-state index contributed by atoms with van der Waals surface area (Å²) < 4.78 is 0. The van der Waals surface area contributed by atoms with E-state index in [1.165, 1.54) is 12.8 Å². The monoisotopic (exact) mass is 377 g/mol. The van der Waals surface area contributed by atoms with Crippen molar-refractivity contribution in [2.75, 3.05) is 6.54 Å². The van der Waals surface area contributed by atoms with Gasteiger partial charge in [0.15, 0.2) is 0 Å². The summed E-state index contributed by atoms with van der Waals surface area (Å²) >= 11 is 0. The zero-order valence-electron chi connectivity index (χ0n) is 15.0. The Morgan fingerprint density at radius 1 is 1.08 bits per heavy atom. The molecule has 0 saturated carbocycles. The first-order valence-corrected chi connectivity index (χ1v) is 9.59. The van der Waals surface area contributed by atoms with Gasteiger partial charge in [0.25, 0.3) is 0 Å². The standard InChI is InChI=1S/C20H27N3O2.ClH/c24-19(11-14-5-2-1-3-6-14)23-10-4-7-18(23)20(25)22-17-12-15-8-9-16(13-17)21-15;/h1-3,5-6,15-18,21H,4,7-13H2,(H,22,25);1H. The van der Waals surface area contributed by atoms with Crippen molar-refractivity contribution in [1.82, 2.24) is 15.5 Å². The Hall–Kier alpha value is -1.59. The first-order valence-electron chi connectivity index (χ1n) is 9.59. The number of carbonyl (C=O) groups excluding carboxylic acids is 2. The lowest BCUT2D eigenvalue weighted by atomic mass is 9.99. The number of carbonyl (C=O) groups is 2. The molecule has 0 aromatic heterocycles. The second-order valence-electron chi connectivity index (χ2n) is 7.72. The maximum Gasteiger partial charge on any atom is 0.243 e. The van der Waals surface area contributed by atoms with E-state index in [0.29, 0.717) is 25.0 Å². The van der Waals surface area contributed by atoms with Crippen LogP contribution in [0.2, 0.25) is 0 Å². The van der Waals surface area contributed by atoms with Crippen LogP contribution in [0.15, 0.2) is 30.3 Å². The van der Waals surface area contributed by atoms with Gasteiger partial charge < -0.3 is 15.5 Å². The Kier molecular flexibility index (Phi) is 6.20. The molecule has 2 N–H and O–H groups in total. The Balaban J connectivity index is 0.00000196. The molecule has 3 saturated heterocycles. The zero-order valence-corrected chi connectivity index (χ0v) is 15.8. The average molecular weight is 378 g/mol. The molecule has 0 spiro atoms. The van der Waals surface area contributed by atoms with E-state index in [0.717, 1.165) is 31.2 Å². The third-order valence-electron chi connectivity index (χ3n) is 5.89. The van der Waals surface area contributed by atoms with Gasteiger partial charge in [0, 0.05) is 24.7 Å². The Bertz CT molecular complexity index is 627. The van der Waals surface area contributed by atoms with Crippen LogP contribution < -0.4 is 10.6 Å². The van der Waals surface area contributed by atoms with Gasteiger partial charge in [-0.25, -0.2) is 0 Å². The van der Waals surface area contributed by atoms with Gasteiger partial charge in [0.1, 0.15) is 6.04 Å². The summed E-state index contributed by atoms with van der Waals surface area (Å²) in [7, 11) is 0. The van der Waals surface area contributed by atoms with E-state index in [4.69, 9.17) is 0 Å². The number of likely N-dealkylation sites (tertiary alicyclic amines) is 1. The summed E-state index contributed by atoms with van der Waals surface area (Å²) in [6.45, 7) is 0.696. The molecule has 2 bridgehead atoms. The van der Waals surface area contributed by atoms with Crippen LogP contribution >= 0.6 is 12.4 Å². The lowest BCUT2D eigenvalue weighted by Crippen LogP contribution is -2.53. The number of fused-ring (bicyclic) bond motifs is 2. The van der Waals surface area contributed by atoms with Crippen molar-refractivity contribution >= 4 is 24.2 Å². The first-order chi connectivity index (χ1) is 12.2. The van der Waals surface area contributed by atoms with Crippen LogP contribution in [-0.4, -0.2) is 47.4 Å². The second kappa shape index (κ2) is 8.40. The summed E-state index contributed by atoms with van der Waals surface area (Å²) in [5.41, 5.74) is 1.01. The van der Waals surface area contributed by atoms with E-state index in [-0.39, 0.29) is 36.3 Å². The number of halogens is 1. The van der Waals surface area contributed by atoms with E-state index >= 15 is 0 Å². The van der Waals surface area contributed by atoms with E-state index in [1.807, 2.05) is 30.3 Å². The minimum Gasteiger partial charge on any atom is -0.351 e. The van der Waals surface area contributed by atoms with E-state index in [2.05, 4.69) is 10.6 Å². The Morgan fingerprint density at radius 3 is 2.46 bits per heavy atom. The van der Waals surface area contributed by atoms with Crippen LogP contribution in [0.25, 0.3) is 0 Å². The van der Waals surface area contributed by atoms with Crippen molar-refractivity contribution in [2.45, 2.75) is 69.1 Å². The average Bonchev–Trinajstić information content (AvgIpc) is 3.22. The smallest absolute Gasteiger partial charge is 0.243 e. The highest BCUT2D eigenvalue weighted by atomic mass is 35.5. The first kappa shape index (κ1) is 19.2. The van der Waals surface area contributed by atoms with Crippen LogP contribution in [0.1, 0.15) is 44.1 Å². The zero-order chi connectivity index (χ0) is 17.2. The molecule has 6 heteroatoms. The quantitative estimate of drug-likeness (QED) is 0.844. The fraction of sp³-hybridized carbons (Fsp3) is 0.600. The van der Waals surface area contributed by atoms with Gasteiger partial charge in [-0.2, -0.15) is 0 Å². The number of amides is 2. The molecule has 4 rings (SSSR count).